The van der Waals surface area contributed by atoms with Gasteiger partial charge < -0.3 is 15.0 Å². The summed E-state index contributed by atoms with van der Waals surface area (Å²) in [4.78, 5) is 23.5. The number of hydrogen-bond donors (Lipinski definition) is 1. The highest BCUT2D eigenvalue weighted by Gasteiger charge is 2.32. The third-order valence-electron chi connectivity index (χ3n) is 4.25. The van der Waals surface area contributed by atoms with Crippen LogP contribution in [0.25, 0.3) is 10.9 Å². The Morgan fingerprint density at radius 2 is 2.26 bits per heavy atom. The topological polar surface area (TPSA) is 67.4 Å². The second kappa shape index (κ2) is 6.40. The van der Waals surface area contributed by atoms with E-state index >= 15 is 0 Å². The number of carbonyl (C=O) groups is 1. The minimum atomic E-state index is -0.176. The van der Waals surface area contributed by atoms with Crippen LogP contribution < -0.4 is 15.0 Å². The Balaban J connectivity index is 1.98. The summed E-state index contributed by atoms with van der Waals surface area (Å²) in [5, 5.41) is 3.88. The number of aryl methyl sites for hydroxylation is 1. The molecule has 0 bridgehead atoms. The van der Waals surface area contributed by atoms with Gasteiger partial charge in [-0.25, -0.2) is 9.97 Å². The second-order valence-corrected chi connectivity index (χ2v) is 5.74. The summed E-state index contributed by atoms with van der Waals surface area (Å²) < 4.78 is 5.26. The Hall–Kier alpha value is -2.37. The number of amides is 1. The quantitative estimate of drug-likeness (QED) is 0.935. The van der Waals surface area contributed by atoms with Crippen molar-refractivity contribution in [1.82, 2.24) is 15.3 Å². The fourth-order valence-electron chi connectivity index (χ4n) is 3.07. The number of aromatic nitrogens is 2. The van der Waals surface area contributed by atoms with Crippen LogP contribution in [0.15, 0.2) is 18.2 Å². The molecule has 1 atom stereocenters. The molecule has 3 rings (SSSR count). The number of fused-ring (bicyclic) bond motifs is 1. The van der Waals surface area contributed by atoms with Gasteiger partial charge in [0.1, 0.15) is 11.8 Å². The number of likely N-dealkylation sites (N-methyl/N-ethyl adjacent to an activating group) is 1. The number of benzene rings is 1. The summed E-state index contributed by atoms with van der Waals surface area (Å²) in [6, 6.07) is 5.60. The summed E-state index contributed by atoms with van der Waals surface area (Å²) in [6.45, 7) is 5.34. The van der Waals surface area contributed by atoms with Gasteiger partial charge in [-0.05, 0) is 44.9 Å². The largest absolute Gasteiger partial charge is 0.497 e. The molecular weight excluding hydrogens is 292 g/mol. The van der Waals surface area contributed by atoms with Crippen LogP contribution >= 0.6 is 0 Å². The van der Waals surface area contributed by atoms with E-state index in [1.807, 2.05) is 36.9 Å². The lowest BCUT2D eigenvalue weighted by atomic mass is 10.2. The molecule has 1 aromatic heterocycles. The lowest BCUT2D eigenvalue weighted by molar-refractivity contribution is -0.122. The lowest BCUT2D eigenvalue weighted by Gasteiger charge is -2.24. The molecule has 122 valence electrons. The van der Waals surface area contributed by atoms with Crippen molar-refractivity contribution in [2.24, 2.45) is 0 Å². The Labute approximate surface area is 135 Å². The Kier molecular flexibility index (Phi) is 4.32. The van der Waals surface area contributed by atoms with Gasteiger partial charge in [-0.3, -0.25) is 4.79 Å². The summed E-state index contributed by atoms with van der Waals surface area (Å²) in [7, 11) is 1.65. The summed E-state index contributed by atoms with van der Waals surface area (Å²) in [6.07, 6.45) is 1.82. The Morgan fingerprint density at radius 3 is 3.00 bits per heavy atom. The third kappa shape index (κ3) is 2.93. The Morgan fingerprint density at radius 1 is 1.43 bits per heavy atom. The van der Waals surface area contributed by atoms with Gasteiger partial charge in [-0.15, -0.1) is 0 Å². The molecule has 1 aliphatic heterocycles. The molecule has 2 aromatic rings. The number of rotatable bonds is 4. The van der Waals surface area contributed by atoms with Gasteiger partial charge in [0.25, 0.3) is 0 Å². The van der Waals surface area contributed by atoms with Gasteiger partial charge in [0.2, 0.25) is 11.9 Å². The zero-order chi connectivity index (χ0) is 16.4. The molecular formula is C17H22N4O2. The van der Waals surface area contributed by atoms with Gasteiger partial charge >= 0.3 is 0 Å². The SMILES string of the molecule is CCNC(=O)[C@H]1CCCN1c1nc(C)c2cc(OC)ccc2n1. The van der Waals surface area contributed by atoms with Crippen LogP contribution in [0.5, 0.6) is 5.75 Å². The van der Waals surface area contributed by atoms with Crippen molar-refractivity contribution < 1.29 is 9.53 Å². The molecule has 1 aromatic carbocycles. The van der Waals surface area contributed by atoms with E-state index in [4.69, 9.17) is 4.74 Å². The smallest absolute Gasteiger partial charge is 0.242 e. The number of ether oxygens (including phenoxy) is 1. The van der Waals surface area contributed by atoms with Gasteiger partial charge in [0.15, 0.2) is 0 Å². The second-order valence-electron chi connectivity index (χ2n) is 5.74. The maximum Gasteiger partial charge on any atom is 0.242 e. The van der Waals surface area contributed by atoms with Crippen molar-refractivity contribution in [2.45, 2.75) is 32.7 Å². The first-order valence-electron chi connectivity index (χ1n) is 8.00. The average Bonchev–Trinajstić information content (AvgIpc) is 3.04. The molecule has 0 saturated carbocycles. The molecule has 6 heteroatoms. The zero-order valence-corrected chi connectivity index (χ0v) is 13.8. The van der Waals surface area contributed by atoms with E-state index in [-0.39, 0.29) is 11.9 Å². The van der Waals surface area contributed by atoms with Crippen molar-refractivity contribution in [3.05, 3.63) is 23.9 Å². The van der Waals surface area contributed by atoms with Crippen LogP contribution in [0.3, 0.4) is 0 Å². The first-order valence-corrected chi connectivity index (χ1v) is 8.00. The zero-order valence-electron chi connectivity index (χ0n) is 13.8. The predicted molar refractivity (Wildman–Crippen MR) is 89.9 cm³/mol. The van der Waals surface area contributed by atoms with Crippen molar-refractivity contribution in [1.29, 1.82) is 0 Å². The van der Waals surface area contributed by atoms with E-state index < -0.39 is 0 Å². The van der Waals surface area contributed by atoms with E-state index in [1.165, 1.54) is 0 Å². The fourth-order valence-corrected chi connectivity index (χ4v) is 3.07. The molecule has 0 radical (unpaired) electrons. The van der Waals surface area contributed by atoms with Crippen molar-refractivity contribution in [2.75, 3.05) is 25.1 Å². The van der Waals surface area contributed by atoms with Gasteiger partial charge in [-0.1, -0.05) is 0 Å². The maximum atomic E-state index is 12.2. The molecule has 1 fully saturated rings. The molecule has 1 amide bonds. The van der Waals surface area contributed by atoms with E-state index in [9.17, 15) is 4.79 Å². The standard InChI is InChI=1S/C17H22N4O2/c1-4-18-16(22)15-6-5-9-21(15)17-19-11(2)13-10-12(23-3)7-8-14(13)20-17/h7-8,10,15H,4-6,9H2,1-3H3,(H,18,22)/t15-/m1/s1. The first kappa shape index (κ1) is 15.5. The lowest BCUT2D eigenvalue weighted by Crippen LogP contribution is -2.44. The van der Waals surface area contributed by atoms with Crippen LogP contribution in [0.1, 0.15) is 25.5 Å². The normalized spacial score (nSPS) is 17.5. The summed E-state index contributed by atoms with van der Waals surface area (Å²) in [5.74, 6) is 1.48. The molecule has 0 unspecified atom stereocenters. The number of carbonyl (C=O) groups excluding carboxylic acids is 1. The molecule has 0 spiro atoms. The minimum Gasteiger partial charge on any atom is -0.497 e. The van der Waals surface area contributed by atoms with Gasteiger partial charge in [0, 0.05) is 18.5 Å². The molecule has 0 aliphatic carbocycles. The monoisotopic (exact) mass is 314 g/mol. The van der Waals surface area contributed by atoms with Crippen molar-refractivity contribution in [3.63, 3.8) is 0 Å². The predicted octanol–water partition coefficient (Wildman–Crippen LogP) is 2.05. The molecule has 23 heavy (non-hydrogen) atoms. The fraction of sp³-hybridized carbons (Fsp3) is 0.471. The molecule has 1 saturated heterocycles. The molecule has 1 N–H and O–H groups in total. The maximum absolute atomic E-state index is 12.2. The van der Waals surface area contributed by atoms with Crippen LogP contribution in [0, 0.1) is 6.92 Å². The highest BCUT2D eigenvalue weighted by Crippen LogP contribution is 2.27. The van der Waals surface area contributed by atoms with E-state index in [2.05, 4.69) is 15.3 Å². The van der Waals surface area contributed by atoms with E-state index in [1.54, 1.807) is 7.11 Å². The molecule has 2 heterocycles. The summed E-state index contributed by atoms with van der Waals surface area (Å²) in [5.41, 5.74) is 1.76. The van der Waals surface area contributed by atoms with E-state index in [0.717, 1.165) is 41.7 Å². The van der Waals surface area contributed by atoms with Crippen LogP contribution in [-0.4, -0.2) is 42.1 Å². The molecule has 1 aliphatic rings. The highest BCUT2D eigenvalue weighted by molar-refractivity contribution is 5.87. The average molecular weight is 314 g/mol. The van der Waals surface area contributed by atoms with E-state index in [0.29, 0.717) is 12.5 Å². The van der Waals surface area contributed by atoms with Crippen molar-refractivity contribution in [3.8, 4) is 5.75 Å². The van der Waals surface area contributed by atoms with Gasteiger partial charge in [-0.2, -0.15) is 0 Å². The molecule has 6 nitrogen and oxygen atoms in total. The first-order chi connectivity index (χ1) is 11.1. The Bertz CT molecular complexity index is 732. The number of nitrogens with zero attached hydrogens (tertiary/aromatic N) is 3. The summed E-state index contributed by atoms with van der Waals surface area (Å²) >= 11 is 0. The van der Waals surface area contributed by atoms with Gasteiger partial charge in [0.05, 0.1) is 18.3 Å². The number of methoxy groups -OCH3 is 1. The number of nitrogens with one attached hydrogen (secondary N) is 1. The third-order valence-corrected chi connectivity index (χ3v) is 4.25. The number of anilines is 1. The van der Waals surface area contributed by atoms with Crippen LogP contribution in [0.4, 0.5) is 5.95 Å². The minimum absolute atomic E-state index is 0.0566. The van der Waals surface area contributed by atoms with Crippen molar-refractivity contribution >= 4 is 22.8 Å². The van der Waals surface area contributed by atoms with Crippen LogP contribution in [-0.2, 0) is 4.79 Å². The highest BCUT2D eigenvalue weighted by atomic mass is 16.5. The van der Waals surface area contributed by atoms with Crippen LogP contribution in [0.2, 0.25) is 0 Å². The number of hydrogen-bond acceptors (Lipinski definition) is 5.